The van der Waals surface area contributed by atoms with Crippen LogP contribution in [0.1, 0.15) is 18.5 Å². The van der Waals surface area contributed by atoms with Gasteiger partial charge in [-0.1, -0.05) is 6.07 Å². The molecule has 2 fully saturated rings. The zero-order valence-corrected chi connectivity index (χ0v) is 14.3. The lowest BCUT2D eigenvalue weighted by Crippen LogP contribution is -2.55. The molecule has 2 aliphatic rings. The first kappa shape index (κ1) is 16.4. The van der Waals surface area contributed by atoms with Crippen LogP contribution < -0.4 is 10.2 Å². The lowest BCUT2D eigenvalue weighted by Gasteiger charge is -2.37. The van der Waals surface area contributed by atoms with E-state index < -0.39 is 5.54 Å². The number of imide groups is 1. The van der Waals surface area contributed by atoms with Crippen molar-refractivity contribution in [2.24, 2.45) is 0 Å². The summed E-state index contributed by atoms with van der Waals surface area (Å²) in [4.78, 5) is 41.4. The van der Waals surface area contributed by atoms with Crippen LogP contribution in [-0.2, 0) is 11.2 Å². The van der Waals surface area contributed by atoms with Crippen LogP contribution in [0.15, 0.2) is 42.9 Å². The number of piperidine rings is 1. The van der Waals surface area contributed by atoms with Gasteiger partial charge < -0.3 is 10.2 Å². The Kier molecular flexibility index (Phi) is 4.24. The van der Waals surface area contributed by atoms with Gasteiger partial charge in [0.25, 0.3) is 5.91 Å². The summed E-state index contributed by atoms with van der Waals surface area (Å²) in [6, 6.07) is 7.10. The standard InChI is InChI=1S/C18H20N6O2/c25-15-18(6-12-23(13-7-18)16-20-9-3-10-21-16)22-17(26)24(15)11-5-14-4-1-2-8-19-14/h1-4,8-10H,5-7,11-13H2,(H,22,26). The molecule has 8 nitrogen and oxygen atoms in total. The van der Waals surface area contributed by atoms with E-state index >= 15 is 0 Å². The van der Waals surface area contributed by atoms with Crippen molar-refractivity contribution in [2.45, 2.75) is 24.8 Å². The molecule has 0 atom stereocenters. The van der Waals surface area contributed by atoms with Crippen molar-refractivity contribution in [1.29, 1.82) is 0 Å². The number of carbonyl (C=O) groups excluding carboxylic acids is 2. The smallest absolute Gasteiger partial charge is 0.325 e. The lowest BCUT2D eigenvalue weighted by molar-refractivity contribution is -0.132. The van der Waals surface area contributed by atoms with Crippen molar-refractivity contribution < 1.29 is 9.59 Å². The maximum absolute atomic E-state index is 12.9. The van der Waals surface area contributed by atoms with Crippen LogP contribution >= 0.6 is 0 Å². The fraction of sp³-hybridized carbons (Fsp3) is 0.389. The van der Waals surface area contributed by atoms with Crippen LogP contribution in [0, 0.1) is 0 Å². The summed E-state index contributed by atoms with van der Waals surface area (Å²) in [7, 11) is 0. The van der Waals surface area contributed by atoms with Crippen molar-refractivity contribution in [1.82, 2.24) is 25.2 Å². The third-order valence-corrected chi connectivity index (χ3v) is 5.02. The van der Waals surface area contributed by atoms with E-state index in [0.717, 1.165) is 5.69 Å². The fourth-order valence-corrected chi connectivity index (χ4v) is 3.53. The molecular weight excluding hydrogens is 332 g/mol. The van der Waals surface area contributed by atoms with E-state index in [-0.39, 0.29) is 11.9 Å². The van der Waals surface area contributed by atoms with Gasteiger partial charge in [-0.25, -0.2) is 14.8 Å². The predicted octanol–water partition coefficient (Wildman–Crippen LogP) is 1.01. The molecule has 2 saturated heterocycles. The van der Waals surface area contributed by atoms with Crippen LogP contribution in [-0.4, -0.2) is 57.0 Å². The molecule has 0 bridgehead atoms. The molecule has 2 aromatic rings. The number of hydrogen-bond acceptors (Lipinski definition) is 6. The minimum Gasteiger partial charge on any atom is -0.341 e. The Balaban J connectivity index is 1.41. The Morgan fingerprint density at radius 1 is 1.00 bits per heavy atom. The molecule has 0 unspecified atom stereocenters. The minimum atomic E-state index is -0.799. The third kappa shape index (κ3) is 2.98. The summed E-state index contributed by atoms with van der Waals surface area (Å²) in [6.07, 6.45) is 6.78. The maximum atomic E-state index is 12.9. The Bertz CT molecular complexity index is 790. The molecule has 2 aliphatic heterocycles. The van der Waals surface area contributed by atoms with E-state index in [0.29, 0.717) is 44.8 Å². The highest BCUT2D eigenvalue weighted by Gasteiger charge is 2.52. The summed E-state index contributed by atoms with van der Waals surface area (Å²) in [5.41, 5.74) is 0.0667. The number of carbonyl (C=O) groups is 2. The number of urea groups is 1. The number of hydrogen-bond donors (Lipinski definition) is 1. The van der Waals surface area contributed by atoms with E-state index in [1.165, 1.54) is 4.90 Å². The van der Waals surface area contributed by atoms with Gasteiger partial charge in [0.05, 0.1) is 0 Å². The third-order valence-electron chi connectivity index (χ3n) is 5.02. The monoisotopic (exact) mass is 352 g/mol. The molecule has 0 saturated carbocycles. The normalized spacial score (nSPS) is 19.1. The number of anilines is 1. The molecular formula is C18H20N6O2. The molecule has 2 aromatic heterocycles. The largest absolute Gasteiger partial charge is 0.341 e. The van der Waals surface area contributed by atoms with E-state index in [1.54, 1.807) is 24.7 Å². The molecule has 1 spiro atoms. The Morgan fingerprint density at radius 2 is 1.73 bits per heavy atom. The Hall–Kier alpha value is -3.03. The fourth-order valence-electron chi connectivity index (χ4n) is 3.53. The highest BCUT2D eigenvalue weighted by atomic mass is 16.2. The number of nitrogens with one attached hydrogen (secondary N) is 1. The van der Waals surface area contributed by atoms with E-state index in [1.807, 2.05) is 23.1 Å². The Labute approximate surface area is 151 Å². The first-order chi connectivity index (χ1) is 12.7. The van der Waals surface area contributed by atoms with Crippen LogP contribution in [0.5, 0.6) is 0 Å². The second-order valence-corrected chi connectivity index (χ2v) is 6.58. The van der Waals surface area contributed by atoms with Crippen LogP contribution in [0.2, 0.25) is 0 Å². The van der Waals surface area contributed by atoms with Gasteiger partial charge in [0.15, 0.2) is 0 Å². The quantitative estimate of drug-likeness (QED) is 0.826. The van der Waals surface area contributed by atoms with Crippen molar-refractivity contribution in [3.8, 4) is 0 Å². The second-order valence-electron chi connectivity index (χ2n) is 6.58. The van der Waals surface area contributed by atoms with Crippen molar-refractivity contribution in [2.75, 3.05) is 24.5 Å². The molecule has 134 valence electrons. The number of amides is 3. The van der Waals surface area contributed by atoms with E-state index in [4.69, 9.17) is 0 Å². The molecule has 8 heteroatoms. The van der Waals surface area contributed by atoms with Crippen molar-refractivity contribution >= 4 is 17.9 Å². The van der Waals surface area contributed by atoms with Crippen LogP contribution in [0.25, 0.3) is 0 Å². The summed E-state index contributed by atoms with van der Waals surface area (Å²) >= 11 is 0. The zero-order valence-electron chi connectivity index (χ0n) is 14.3. The summed E-state index contributed by atoms with van der Waals surface area (Å²) in [5.74, 6) is 0.526. The lowest BCUT2D eigenvalue weighted by atomic mass is 9.87. The highest BCUT2D eigenvalue weighted by Crippen LogP contribution is 2.30. The Morgan fingerprint density at radius 3 is 2.42 bits per heavy atom. The average molecular weight is 352 g/mol. The highest BCUT2D eigenvalue weighted by molar-refractivity contribution is 6.07. The van der Waals surface area contributed by atoms with Gasteiger partial charge in [0.2, 0.25) is 5.95 Å². The second kappa shape index (κ2) is 6.70. The van der Waals surface area contributed by atoms with Gasteiger partial charge in [-0.15, -0.1) is 0 Å². The average Bonchev–Trinajstić information content (AvgIpc) is 2.92. The van der Waals surface area contributed by atoms with E-state index in [9.17, 15) is 9.59 Å². The maximum Gasteiger partial charge on any atom is 0.325 e. The summed E-state index contributed by atoms with van der Waals surface area (Å²) < 4.78 is 0. The molecule has 4 rings (SSSR count). The topological polar surface area (TPSA) is 91.3 Å². The van der Waals surface area contributed by atoms with Gasteiger partial charge in [-0.3, -0.25) is 14.7 Å². The first-order valence-electron chi connectivity index (χ1n) is 8.74. The summed E-state index contributed by atoms with van der Waals surface area (Å²) in [6.45, 7) is 1.60. The molecule has 0 aromatic carbocycles. The van der Waals surface area contributed by atoms with Gasteiger partial charge in [-0.2, -0.15) is 0 Å². The number of aromatic nitrogens is 3. The number of pyridine rings is 1. The van der Waals surface area contributed by atoms with Crippen LogP contribution in [0.3, 0.4) is 0 Å². The number of nitrogens with zero attached hydrogens (tertiary/aromatic N) is 5. The predicted molar refractivity (Wildman–Crippen MR) is 94.4 cm³/mol. The van der Waals surface area contributed by atoms with Crippen molar-refractivity contribution in [3.05, 3.63) is 48.5 Å². The van der Waals surface area contributed by atoms with E-state index in [2.05, 4.69) is 20.3 Å². The molecule has 1 N–H and O–H groups in total. The molecule has 26 heavy (non-hydrogen) atoms. The zero-order chi connectivity index (χ0) is 18.0. The summed E-state index contributed by atoms with van der Waals surface area (Å²) in [5, 5.41) is 2.93. The van der Waals surface area contributed by atoms with Crippen LogP contribution in [0.4, 0.5) is 10.7 Å². The van der Waals surface area contributed by atoms with Gasteiger partial charge >= 0.3 is 6.03 Å². The molecule has 4 heterocycles. The molecule has 0 aliphatic carbocycles. The molecule has 3 amide bonds. The SMILES string of the molecule is O=C1NC2(CCN(c3ncccn3)CC2)C(=O)N1CCc1ccccn1. The minimum absolute atomic E-state index is 0.132. The first-order valence-corrected chi connectivity index (χ1v) is 8.74. The number of rotatable bonds is 4. The van der Waals surface area contributed by atoms with Crippen molar-refractivity contribution in [3.63, 3.8) is 0 Å². The van der Waals surface area contributed by atoms with Gasteiger partial charge in [0.1, 0.15) is 5.54 Å². The van der Waals surface area contributed by atoms with Gasteiger partial charge in [0, 0.05) is 50.3 Å². The molecule has 0 radical (unpaired) electrons. The van der Waals surface area contributed by atoms with Gasteiger partial charge in [-0.05, 0) is 31.0 Å².